The van der Waals surface area contributed by atoms with Crippen LogP contribution >= 0.6 is 0 Å². The number of halogens is 1. The van der Waals surface area contributed by atoms with Gasteiger partial charge < -0.3 is 19.1 Å². The van der Waals surface area contributed by atoms with E-state index in [1.807, 2.05) is 0 Å². The van der Waals surface area contributed by atoms with Crippen molar-refractivity contribution in [1.29, 1.82) is 0 Å². The zero-order chi connectivity index (χ0) is 25.7. The van der Waals surface area contributed by atoms with Gasteiger partial charge in [0.1, 0.15) is 5.82 Å². The number of hydrogen-bond donors (Lipinski definition) is 2. The number of aliphatic carboxylic acids is 1. The second-order valence-electron chi connectivity index (χ2n) is 10.3. The predicted molar refractivity (Wildman–Crippen MR) is 134 cm³/mol. The lowest BCUT2D eigenvalue weighted by Crippen LogP contribution is -2.43. The van der Waals surface area contributed by atoms with E-state index in [4.69, 9.17) is 14.5 Å². The van der Waals surface area contributed by atoms with Gasteiger partial charge in [0.2, 0.25) is 0 Å². The minimum absolute atomic E-state index is 0.0656. The molecule has 1 fully saturated rings. The van der Waals surface area contributed by atoms with Crippen molar-refractivity contribution < 1.29 is 23.8 Å². The second kappa shape index (κ2) is 8.97. The van der Waals surface area contributed by atoms with Crippen molar-refractivity contribution in [2.45, 2.75) is 56.5 Å². The van der Waals surface area contributed by atoms with Crippen molar-refractivity contribution in [3.8, 4) is 5.69 Å². The largest absolute Gasteiger partial charge is 0.479 e. The zero-order valence-corrected chi connectivity index (χ0v) is 21.0. The summed E-state index contributed by atoms with van der Waals surface area (Å²) in [5, 5.41) is 17.9. The number of H-pyrrole nitrogens is 1. The monoisotopic (exact) mass is 494 g/mol. The predicted octanol–water partition coefficient (Wildman–Crippen LogP) is 5.09. The Bertz CT molecular complexity index is 1420. The van der Waals surface area contributed by atoms with E-state index in [0.717, 1.165) is 33.4 Å². The number of rotatable bonds is 7. The molecule has 2 N–H and O–H groups in total. The van der Waals surface area contributed by atoms with Crippen LogP contribution in [-0.2, 0) is 19.7 Å². The van der Waals surface area contributed by atoms with Gasteiger partial charge in [0.25, 0.3) is 0 Å². The van der Waals surface area contributed by atoms with Gasteiger partial charge in [-0.1, -0.05) is 13.8 Å². The number of aromatic nitrogens is 4. The van der Waals surface area contributed by atoms with E-state index < -0.39 is 17.0 Å². The van der Waals surface area contributed by atoms with Crippen LogP contribution < -0.4 is 0 Å². The third kappa shape index (κ3) is 3.87. The van der Waals surface area contributed by atoms with Crippen LogP contribution in [-0.4, -0.2) is 57.3 Å². The number of benzene rings is 1. The zero-order valence-electron chi connectivity index (χ0n) is 21.0. The number of hydrogen-bond acceptors (Lipinski definition) is 5. The molecule has 36 heavy (non-hydrogen) atoms. The third-order valence-electron chi connectivity index (χ3n) is 7.59. The Hall–Kier alpha value is -3.30. The first-order valence-corrected chi connectivity index (χ1v) is 12.1. The molecule has 0 radical (unpaired) electrons. The maximum absolute atomic E-state index is 13.9. The van der Waals surface area contributed by atoms with Gasteiger partial charge in [-0.15, -0.1) is 0 Å². The van der Waals surface area contributed by atoms with E-state index in [9.17, 15) is 14.3 Å². The first-order valence-electron chi connectivity index (χ1n) is 12.1. The fourth-order valence-electron chi connectivity index (χ4n) is 5.81. The molecule has 190 valence electrons. The maximum atomic E-state index is 13.9. The number of carboxylic acids is 1. The summed E-state index contributed by atoms with van der Waals surface area (Å²) in [4.78, 5) is 17.0. The lowest BCUT2D eigenvalue weighted by Gasteiger charge is -2.37. The summed E-state index contributed by atoms with van der Waals surface area (Å²) in [5.41, 5.74) is 3.75. The van der Waals surface area contributed by atoms with Crippen molar-refractivity contribution in [2.75, 3.05) is 20.8 Å². The van der Waals surface area contributed by atoms with E-state index in [2.05, 4.69) is 34.7 Å². The molecule has 1 aliphatic carbocycles. The van der Waals surface area contributed by atoms with Crippen LogP contribution in [0.15, 0.2) is 36.5 Å². The lowest BCUT2D eigenvalue weighted by molar-refractivity contribution is -0.166. The van der Waals surface area contributed by atoms with E-state index in [1.165, 1.54) is 19.2 Å². The minimum atomic E-state index is -1.17. The number of methoxy groups -OCH3 is 2. The first kappa shape index (κ1) is 24.4. The topological polar surface area (TPSA) is 102 Å². The molecular weight excluding hydrogens is 463 g/mol. The van der Waals surface area contributed by atoms with Gasteiger partial charge in [0.15, 0.2) is 11.2 Å². The Morgan fingerprint density at radius 1 is 1.25 bits per heavy atom. The van der Waals surface area contributed by atoms with Crippen molar-refractivity contribution >= 4 is 28.0 Å². The third-order valence-corrected chi connectivity index (χ3v) is 7.59. The van der Waals surface area contributed by atoms with E-state index in [-0.39, 0.29) is 11.7 Å². The van der Waals surface area contributed by atoms with Crippen molar-refractivity contribution in [3.05, 3.63) is 53.6 Å². The van der Waals surface area contributed by atoms with Crippen LogP contribution in [0.25, 0.3) is 27.8 Å². The summed E-state index contributed by atoms with van der Waals surface area (Å²) >= 11 is 0. The molecule has 0 atom stereocenters. The standard InChI is InChI=1S/C27H31FN4O4/c1-26(2,15-35-3)23-21(16-9-11-27(36-4,12-10-16)25(33)34)22-20(13-17-14-29-31-24(17)30-22)32(23)19-7-5-18(28)6-8-19/h5-8,13-14,16H,9-12,15H2,1-4H3,(H,33,34)(H,29,30,31)/t16-,27+. The van der Waals surface area contributed by atoms with Gasteiger partial charge in [-0.2, -0.15) is 5.10 Å². The molecular formula is C27H31FN4O4. The average Bonchev–Trinajstić information content (AvgIpc) is 3.45. The lowest BCUT2D eigenvalue weighted by atomic mass is 9.73. The summed E-state index contributed by atoms with van der Waals surface area (Å²) < 4.78 is 27.2. The molecule has 8 nitrogen and oxygen atoms in total. The van der Waals surface area contributed by atoms with E-state index in [0.29, 0.717) is 37.9 Å². The Morgan fingerprint density at radius 3 is 2.56 bits per heavy atom. The highest BCUT2D eigenvalue weighted by Crippen LogP contribution is 2.47. The van der Waals surface area contributed by atoms with E-state index in [1.54, 1.807) is 25.4 Å². The Labute approximate surface area is 208 Å². The van der Waals surface area contributed by atoms with Crippen LogP contribution in [0.4, 0.5) is 4.39 Å². The Balaban J connectivity index is 1.79. The molecule has 3 aromatic heterocycles. The fraction of sp³-hybridized carbons (Fsp3) is 0.444. The SMILES string of the molecule is COCC(C)(C)c1c([C@H]2CC[C@](OC)(C(=O)O)CC2)c2nc3[nH]ncc3cc2n1-c1ccc(F)cc1. The van der Waals surface area contributed by atoms with Crippen LogP contribution in [0, 0.1) is 5.82 Å². The second-order valence-corrected chi connectivity index (χ2v) is 10.3. The van der Waals surface area contributed by atoms with Crippen LogP contribution in [0.5, 0.6) is 0 Å². The summed E-state index contributed by atoms with van der Waals surface area (Å²) in [6.45, 7) is 4.71. The average molecular weight is 495 g/mol. The molecule has 0 aliphatic heterocycles. The molecule has 0 spiro atoms. The fourth-order valence-corrected chi connectivity index (χ4v) is 5.81. The Morgan fingerprint density at radius 2 is 1.94 bits per heavy atom. The summed E-state index contributed by atoms with van der Waals surface area (Å²) in [7, 11) is 3.15. The number of pyridine rings is 1. The maximum Gasteiger partial charge on any atom is 0.335 e. The number of aromatic amines is 1. The number of carboxylic acid groups (broad SMARTS) is 1. The summed E-state index contributed by atoms with van der Waals surface area (Å²) in [6, 6.07) is 8.51. The normalized spacial score (nSPS) is 20.9. The number of nitrogens with one attached hydrogen (secondary N) is 1. The molecule has 5 rings (SSSR count). The summed E-state index contributed by atoms with van der Waals surface area (Å²) in [6.07, 6.45) is 3.83. The Kier molecular flexibility index (Phi) is 6.08. The summed E-state index contributed by atoms with van der Waals surface area (Å²) in [5.74, 6) is -1.16. The molecule has 0 bridgehead atoms. The van der Waals surface area contributed by atoms with E-state index >= 15 is 0 Å². The van der Waals surface area contributed by atoms with Crippen LogP contribution in [0.3, 0.4) is 0 Å². The van der Waals surface area contributed by atoms with Gasteiger partial charge in [-0.25, -0.2) is 14.2 Å². The highest BCUT2D eigenvalue weighted by molar-refractivity contribution is 5.94. The van der Waals surface area contributed by atoms with Crippen molar-refractivity contribution in [3.63, 3.8) is 0 Å². The number of fused-ring (bicyclic) bond motifs is 2. The molecule has 4 aromatic rings. The highest BCUT2D eigenvalue weighted by Gasteiger charge is 2.45. The van der Waals surface area contributed by atoms with Crippen molar-refractivity contribution in [2.24, 2.45) is 0 Å². The molecule has 1 aliphatic rings. The van der Waals surface area contributed by atoms with Crippen molar-refractivity contribution in [1.82, 2.24) is 19.7 Å². The van der Waals surface area contributed by atoms with Crippen LogP contribution in [0.1, 0.15) is 56.7 Å². The van der Waals surface area contributed by atoms with Gasteiger partial charge in [-0.05, 0) is 61.9 Å². The highest BCUT2D eigenvalue weighted by atomic mass is 19.1. The first-order chi connectivity index (χ1) is 17.2. The minimum Gasteiger partial charge on any atom is -0.479 e. The van der Waals surface area contributed by atoms with Crippen LogP contribution in [0.2, 0.25) is 0 Å². The van der Waals surface area contributed by atoms with Gasteiger partial charge in [0, 0.05) is 42.0 Å². The molecule has 9 heteroatoms. The quantitative estimate of drug-likeness (QED) is 0.371. The molecule has 0 unspecified atom stereocenters. The number of ether oxygens (including phenoxy) is 2. The number of nitrogens with zero attached hydrogens (tertiary/aromatic N) is 3. The smallest absolute Gasteiger partial charge is 0.335 e. The van der Waals surface area contributed by atoms with Gasteiger partial charge >= 0.3 is 5.97 Å². The van der Waals surface area contributed by atoms with Gasteiger partial charge in [-0.3, -0.25) is 5.10 Å². The molecule has 1 saturated carbocycles. The number of carbonyl (C=O) groups is 1. The molecule has 1 aromatic carbocycles. The van der Waals surface area contributed by atoms with Gasteiger partial charge in [0.05, 0.1) is 23.8 Å². The molecule has 3 heterocycles. The molecule has 0 amide bonds. The molecule has 0 saturated heterocycles.